The number of likely N-dealkylation sites (tertiary alicyclic amines) is 1. The molecule has 1 N–H and O–H groups in total. The van der Waals surface area contributed by atoms with Gasteiger partial charge in [0.05, 0.1) is 5.69 Å². The Morgan fingerprint density at radius 1 is 1.42 bits per heavy atom. The van der Waals surface area contributed by atoms with E-state index in [0.29, 0.717) is 6.04 Å². The highest BCUT2D eigenvalue weighted by atomic mass is 16.3. The van der Waals surface area contributed by atoms with Crippen LogP contribution in [0.15, 0.2) is 10.8 Å². The second kappa shape index (κ2) is 5.33. The van der Waals surface area contributed by atoms with Gasteiger partial charge >= 0.3 is 0 Å². The minimum atomic E-state index is 0.204. The molecule has 1 aliphatic heterocycles. The predicted octanol–water partition coefficient (Wildman–Crippen LogP) is 1.47. The Labute approximate surface area is 113 Å². The van der Waals surface area contributed by atoms with Gasteiger partial charge in [-0.2, -0.15) is 0 Å². The zero-order valence-electron chi connectivity index (χ0n) is 11.4. The average Bonchev–Trinajstić information content (AvgIpc) is 3.14. The molecule has 5 nitrogen and oxygen atoms in total. The number of oxazole rings is 1. The molecule has 5 heteroatoms. The lowest BCUT2D eigenvalue weighted by Gasteiger charge is -2.30. The van der Waals surface area contributed by atoms with Crippen LogP contribution >= 0.6 is 0 Å². The van der Waals surface area contributed by atoms with Crippen LogP contribution in [0.5, 0.6) is 0 Å². The third kappa shape index (κ3) is 3.15. The van der Waals surface area contributed by atoms with Crippen LogP contribution in [0.3, 0.4) is 0 Å². The van der Waals surface area contributed by atoms with E-state index in [1.807, 2.05) is 6.92 Å². The maximum absolute atomic E-state index is 12.0. The SMILES string of the molecule is Cc1ocnc1CN1CCC(C(=O)NC2CC2)CC1. The lowest BCUT2D eigenvalue weighted by molar-refractivity contribution is -0.126. The summed E-state index contributed by atoms with van der Waals surface area (Å²) in [6.07, 6.45) is 5.73. The standard InChI is InChI=1S/C14H21N3O2/c1-10-13(15-9-19-10)8-17-6-4-11(5-7-17)14(18)16-12-2-3-12/h9,11-12H,2-8H2,1H3,(H,16,18). The number of nitrogens with one attached hydrogen (secondary N) is 1. The Morgan fingerprint density at radius 2 is 2.16 bits per heavy atom. The van der Waals surface area contributed by atoms with E-state index < -0.39 is 0 Å². The van der Waals surface area contributed by atoms with Crippen molar-refractivity contribution in [3.63, 3.8) is 0 Å². The second-order valence-electron chi connectivity index (χ2n) is 5.69. The van der Waals surface area contributed by atoms with E-state index in [2.05, 4.69) is 15.2 Å². The summed E-state index contributed by atoms with van der Waals surface area (Å²) >= 11 is 0. The molecule has 2 fully saturated rings. The Morgan fingerprint density at radius 3 is 2.74 bits per heavy atom. The molecule has 0 bridgehead atoms. The quantitative estimate of drug-likeness (QED) is 0.893. The van der Waals surface area contributed by atoms with Crippen LogP contribution < -0.4 is 5.32 Å². The molecule has 0 unspecified atom stereocenters. The van der Waals surface area contributed by atoms with Gasteiger partial charge in [0.2, 0.25) is 5.91 Å². The molecule has 1 aliphatic carbocycles. The topological polar surface area (TPSA) is 58.4 Å². The lowest BCUT2D eigenvalue weighted by atomic mass is 9.95. The highest BCUT2D eigenvalue weighted by molar-refractivity contribution is 5.79. The molecule has 19 heavy (non-hydrogen) atoms. The Bertz CT molecular complexity index is 445. The van der Waals surface area contributed by atoms with E-state index in [0.717, 1.165) is 56.8 Å². The van der Waals surface area contributed by atoms with E-state index in [1.54, 1.807) is 0 Å². The molecular weight excluding hydrogens is 242 g/mol. The van der Waals surface area contributed by atoms with Crippen molar-refractivity contribution in [3.8, 4) is 0 Å². The van der Waals surface area contributed by atoms with E-state index in [4.69, 9.17) is 4.42 Å². The molecule has 2 heterocycles. The lowest BCUT2D eigenvalue weighted by Crippen LogP contribution is -2.40. The summed E-state index contributed by atoms with van der Waals surface area (Å²) in [5, 5.41) is 3.11. The molecular formula is C14H21N3O2. The first-order valence-corrected chi connectivity index (χ1v) is 7.14. The molecule has 1 saturated heterocycles. The fourth-order valence-electron chi connectivity index (χ4n) is 2.59. The fraction of sp³-hybridized carbons (Fsp3) is 0.714. The number of aromatic nitrogens is 1. The van der Waals surface area contributed by atoms with Crippen molar-refractivity contribution in [3.05, 3.63) is 17.8 Å². The highest BCUT2D eigenvalue weighted by Crippen LogP contribution is 2.23. The van der Waals surface area contributed by atoms with Crippen molar-refractivity contribution in [1.82, 2.24) is 15.2 Å². The third-order valence-corrected chi connectivity index (χ3v) is 4.10. The van der Waals surface area contributed by atoms with Crippen LogP contribution in [-0.2, 0) is 11.3 Å². The van der Waals surface area contributed by atoms with E-state index in [-0.39, 0.29) is 11.8 Å². The normalized spacial score (nSPS) is 21.5. The number of carbonyl (C=O) groups is 1. The van der Waals surface area contributed by atoms with Crippen LogP contribution in [0, 0.1) is 12.8 Å². The van der Waals surface area contributed by atoms with Crippen molar-refractivity contribution in [2.75, 3.05) is 13.1 Å². The summed E-state index contributed by atoms with van der Waals surface area (Å²) in [5.74, 6) is 1.36. The summed E-state index contributed by atoms with van der Waals surface area (Å²) in [4.78, 5) is 18.5. The molecule has 0 radical (unpaired) electrons. The molecule has 1 saturated carbocycles. The number of piperidine rings is 1. The van der Waals surface area contributed by atoms with Crippen molar-refractivity contribution in [2.45, 2.75) is 45.2 Å². The monoisotopic (exact) mass is 263 g/mol. The molecule has 2 aliphatic rings. The first-order chi connectivity index (χ1) is 9.22. The number of aryl methyl sites for hydroxylation is 1. The number of nitrogens with zero attached hydrogens (tertiary/aromatic N) is 2. The number of amides is 1. The summed E-state index contributed by atoms with van der Waals surface area (Å²) in [5.41, 5.74) is 1.01. The van der Waals surface area contributed by atoms with Crippen LogP contribution in [0.4, 0.5) is 0 Å². The molecule has 1 aromatic heterocycles. The third-order valence-electron chi connectivity index (χ3n) is 4.10. The van der Waals surface area contributed by atoms with Crippen molar-refractivity contribution < 1.29 is 9.21 Å². The van der Waals surface area contributed by atoms with Gasteiger partial charge in [0.25, 0.3) is 0 Å². The maximum atomic E-state index is 12.0. The molecule has 104 valence electrons. The van der Waals surface area contributed by atoms with Gasteiger partial charge in [0.15, 0.2) is 6.39 Å². The van der Waals surface area contributed by atoms with Crippen LogP contribution in [0.1, 0.15) is 37.1 Å². The first-order valence-electron chi connectivity index (χ1n) is 7.14. The minimum Gasteiger partial charge on any atom is -0.448 e. The summed E-state index contributed by atoms with van der Waals surface area (Å²) in [7, 11) is 0. The minimum absolute atomic E-state index is 0.204. The fourth-order valence-corrected chi connectivity index (χ4v) is 2.59. The molecule has 0 atom stereocenters. The predicted molar refractivity (Wildman–Crippen MR) is 70.4 cm³/mol. The number of hydrogen-bond acceptors (Lipinski definition) is 4. The van der Waals surface area contributed by atoms with E-state index in [9.17, 15) is 4.79 Å². The largest absolute Gasteiger partial charge is 0.448 e. The van der Waals surface area contributed by atoms with Crippen molar-refractivity contribution >= 4 is 5.91 Å². The van der Waals surface area contributed by atoms with E-state index >= 15 is 0 Å². The van der Waals surface area contributed by atoms with Gasteiger partial charge in [0, 0.05) is 18.5 Å². The molecule has 3 rings (SSSR count). The van der Waals surface area contributed by atoms with Gasteiger partial charge < -0.3 is 9.73 Å². The average molecular weight is 263 g/mol. The van der Waals surface area contributed by atoms with Crippen LogP contribution in [0.2, 0.25) is 0 Å². The zero-order valence-corrected chi connectivity index (χ0v) is 11.4. The van der Waals surface area contributed by atoms with Gasteiger partial charge in [0.1, 0.15) is 5.76 Å². The van der Waals surface area contributed by atoms with Gasteiger partial charge in [-0.15, -0.1) is 0 Å². The first kappa shape index (κ1) is 12.7. The zero-order chi connectivity index (χ0) is 13.2. The smallest absolute Gasteiger partial charge is 0.223 e. The molecule has 0 aromatic carbocycles. The number of rotatable bonds is 4. The summed E-state index contributed by atoms with van der Waals surface area (Å²) in [6, 6.07) is 0.475. The van der Waals surface area contributed by atoms with Gasteiger partial charge in [-0.25, -0.2) is 4.98 Å². The van der Waals surface area contributed by atoms with Crippen molar-refractivity contribution in [1.29, 1.82) is 0 Å². The van der Waals surface area contributed by atoms with Gasteiger partial charge in [-0.1, -0.05) is 0 Å². The van der Waals surface area contributed by atoms with E-state index in [1.165, 1.54) is 6.39 Å². The Hall–Kier alpha value is -1.36. The Balaban J connectivity index is 1.46. The molecule has 1 amide bonds. The maximum Gasteiger partial charge on any atom is 0.223 e. The number of hydrogen-bond donors (Lipinski definition) is 1. The van der Waals surface area contributed by atoms with Crippen LogP contribution in [-0.4, -0.2) is 34.9 Å². The molecule has 1 aromatic rings. The number of carbonyl (C=O) groups excluding carboxylic acids is 1. The molecule has 0 spiro atoms. The highest BCUT2D eigenvalue weighted by Gasteiger charge is 2.30. The second-order valence-corrected chi connectivity index (χ2v) is 5.69. The summed E-state index contributed by atoms with van der Waals surface area (Å²) in [6.45, 7) is 4.71. The van der Waals surface area contributed by atoms with Crippen LogP contribution in [0.25, 0.3) is 0 Å². The Kier molecular flexibility index (Phi) is 3.55. The van der Waals surface area contributed by atoms with Gasteiger partial charge in [-0.05, 0) is 45.7 Å². The summed E-state index contributed by atoms with van der Waals surface area (Å²) < 4.78 is 5.21. The van der Waals surface area contributed by atoms with Gasteiger partial charge in [-0.3, -0.25) is 9.69 Å². The van der Waals surface area contributed by atoms with Crippen molar-refractivity contribution in [2.24, 2.45) is 5.92 Å².